The Morgan fingerprint density at radius 3 is 1.64 bits per heavy atom. The molecule has 0 spiro atoms. The minimum absolute atomic E-state index is 0.0138. The van der Waals surface area contributed by atoms with E-state index in [2.05, 4.69) is 0 Å². The summed E-state index contributed by atoms with van der Waals surface area (Å²) in [6, 6.07) is 2.48. The molecule has 1 aliphatic rings. The summed E-state index contributed by atoms with van der Waals surface area (Å²) < 4.78 is 28.4. The largest absolute Gasteiger partial charge is 0.504 e. The predicted octanol–water partition coefficient (Wildman–Crippen LogP) is 3.47. The number of hydrogen-bond donors (Lipinski definition) is 3. The Kier molecular flexibility index (Phi) is 6.30. The zero-order valence-electron chi connectivity index (χ0n) is 23.5. The highest BCUT2D eigenvalue weighted by atomic mass is 16.7. The molecule has 11 nitrogen and oxygen atoms in total. The lowest BCUT2D eigenvalue weighted by Crippen LogP contribution is -2.17. The number of aliphatic hydroxyl groups is 1. The molecule has 1 aliphatic heterocycles. The molecule has 0 saturated heterocycles. The third kappa shape index (κ3) is 3.73. The quantitative estimate of drug-likeness (QED) is 0.148. The van der Waals surface area contributed by atoms with Gasteiger partial charge in [-0.2, -0.15) is 0 Å². The Hall–Kier alpha value is -4.77. The predicted molar refractivity (Wildman–Crippen MR) is 154 cm³/mol. The highest BCUT2D eigenvalue weighted by Crippen LogP contribution is 2.56. The summed E-state index contributed by atoms with van der Waals surface area (Å²) >= 11 is 0. The van der Waals surface area contributed by atoms with Crippen molar-refractivity contribution in [3.8, 4) is 34.5 Å². The van der Waals surface area contributed by atoms with Gasteiger partial charge in [0, 0.05) is 64.6 Å². The van der Waals surface area contributed by atoms with Gasteiger partial charge in [0.2, 0.25) is 6.79 Å². The molecule has 11 heteroatoms. The summed E-state index contributed by atoms with van der Waals surface area (Å²) in [5, 5.41) is 35.6. The number of ether oxygens (including phenoxy) is 5. The van der Waals surface area contributed by atoms with Gasteiger partial charge >= 0.3 is 5.97 Å². The molecule has 0 amide bonds. The summed E-state index contributed by atoms with van der Waals surface area (Å²) in [6.45, 7) is 4.21. The fraction of sp³-hybridized carbons (Fsp3) is 0.323. The van der Waals surface area contributed by atoms with Crippen molar-refractivity contribution in [2.45, 2.75) is 45.8 Å². The molecule has 0 aromatic heterocycles. The van der Waals surface area contributed by atoms with Crippen LogP contribution in [0.15, 0.2) is 21.7 Å². The third-order valence-electron chi connectivity index (χ3n) is 7.76. The Morgan fingerprint density at radius 2 is 1.24 bits per heavy atom. The molecule has 3 N–H and O–H groups in total. The molecule has 0 bridgehead atoms. The summed E-state index contributed by atoms with van der Waals surface area (Å²) in [7, 11) is 2.68. The van der Waals surface area contributed by atoms with Gasteiger partial charge in [0.25, 0.3) is 0 Å². The molecular weight excluding hydrogens is 548 g/mol. The van der Waals surface area contributed by atoms with Gasteiger partial charge in [0.1, 0.15) is 17.6 Å². The minimum Gasteiger partial charge on any atom is -0.504 e. The van der Waals surface area contributed by atoms with E-state index in [9.17, 15) is 29.7 Å². The van der Waals surface area contributed by atoms with Crippen molar-refractivity contribution in [2.24, 2.45) is 0 Å². The van der Waals surface area contributed by atoms with Crippen LogP contribution >= 0.6 is 0 Å². The molecule has 42 heavy (non-hydrogen) atoms. The Morgan fingerprint density at radius 1 is 0.786 bits per heavy atom. The highest BCUT2D eigenvalue weighted by molar-refractivity contribution is 6.38. The van der Waals surface area contributed by atoms with Gasteiger partial charge in [-0.15, -0.1) is 0 Å². The Balaban J connectivity index is 2.04. The smallest absolute Gasteiger partial charge is 0.302 e. The number of carbonyl (C=O) groups excluding carboxylic acids is 1. The third-order valence-corrected chi connectivity index (χ3v) is 7.76. The van der Waals surface area contributed by atoms with E-state index >= 15 is 0 Å². The normalized spacial score (nSPS) is 14.2. The van der Waals surface area contributed by atoms with E-state index in [0.717, 1.165) is 0 Å². The van der Waals surface area contributed by atoms with Gasteiger partial charge in [-0.1, -0.05) is 0 Å². The van der Waals surface area contributed by atoms with Crippen molar-refractivity contribution in [1.82, 2.24) is 0 Å². The number of fused-ring (bicyclic) bond motifs is 1. The highest BCUT2D eigenvalue weighted by Gasteiger charge is 2.34. The molecular formula is C31H28O11. The van der Waals surface area contributed by atoms with Crippen molar-refractivity contribution in [1.29, 1.82) is 0 Å². The molecule has 5 aromatic rings. The van der Waals surface area contributed by atoms with Crippen LogP contribution in [0.1, 0.15) is 31.9 Å². The van der Waals surface area contributed by atoms with Crippen molar-refractivity contribution in [2.75, 3.05) is 21.0 Å². The maximum absolute atomic E-state index is 13.6. The maximum atomic E-state index is 13.6. The van der Waals surface area contributed by atoms with Crippen LogP contribution in [0.5, 0.6) is 34.5 Å². The summed E-state index contributed by atoms with van der Waals surface area (Å²) in [5.74, 6) is -1.07. The first-order chi connectivity index (χ1) is 20.0. The van der Waals surface area contributed by atoms with Crippen molar-refractivity contribution < 1.29 is 43.8 Å². The van der Waals surface area contributed by atoms with Crippen LogP contribution in [0.2, 0.25) is 0 Å². The molecule has 0 aliphatic carbocycles. The number of aromatic hydroxyl groups is 2. The zero-order chi connectivity index (χ0) is 30.2. The van der Waals surface area contributed by atoms with Crippen LogP contribution < -0.4 is 29.8 Å². The number of phenols is 2. The number of phenolic OH excluding ortho intramolecular Hbond substituents is 2. The average Bonchev–Trinajstić information content (AvgIpc) is 3.08. The fourth-order valence-corrected chi connectivity index (χ4v) is 6.45. The molecule has 0 saturated carbocycles. The lowest BCUT2D eigenvalue weighted by molar-refractivity contribution is -0.145. The first kappa shape index (κ1) is 27.4. The number of benzene rings is 5. The van der Waals surface area contributed by atoms with E-state index in [0.29, 0.717) is 43.4 Å². The van der Waals surface area contributed by atoms with Crippen LogP contribution in [-0.2, 0) is 22.4 Å². The van der Waals surface area contributed by atoms with Crippen molar-refractivity contribution in [3.63, 3.8) is 0 Å². The van der Waals surface area contributed by atoms with E-state index in [1.54, 1.807) is 13.8 Å². The SMILES string of the molecule is COc1c(O)c2c(=O)cc3c4c5c(cc(=O)c6c(O)c(OC)c(C[C@H](C)OC(C)=O)c(c(c1C[C@H](C)O)c24)c65)OCO3. The topological polar surface area (TPSA) is 158 Å². The second-order valence-corrected chi connectivity index (χ2v) is 10.6. The molecule has 218 valence electrons. The first-order valence-electron chi connectivity index (χ1n) is 13.3. The number of rotatable bonds is 7. The van der Waals surface area contributed by atoms with E-state index < -0.39 is 40.5 Å². The molecule has 6 rings (SSSR count). The van der Waals surface area contributed by atoms with Crippen LogP contribution in [-0.4, -0.2) is 54.5 Å². The summed E-state index contributed by atoms with van der Waals surface area (Å²) in [5.41, 5.74) is -0.367. The minimum atomic E-state index is -0.915. The van der Waals surface area contributed by atoms with E-state index in [1.807, 2.05) is 0 Å². The van der Waals surface area contributed by atoms with Crippen LogP contribution in [0.3, 0.4) is 0 Å². The van der Waals surface area contributed by atoms with Gasteiger partial charge in [0.05, 0.1) is 31.1 Å². The molecule has 2 atom stereocenters. The number of carbonyl (C=O) groups is 1. The second-order valence-electron chi connectivity index (χ2n) is 10.6. The molecule has 0 unspecified atom stereocenters. The molecule has 0 radical (unpaired) electrons. The maximum Gasteiger partial charge on any atom is 0.302 e. The lowest BCUT2D eigenvalue weighted by Gasteiger charge is -2.25. The molecule has 5 aromatic carbocycles. The number of methoxy groups -OCH3 is 2. The number of aliphatic hydroxyl groups excluding tert-OH is 1. The van der Waals surface area contributed by atoms with Crippen LogP contribution in [0.4, 0.5) is 0 Å². The van der Waals surface area contributed by atoms with Crippen molar-refractivity contribution in [3.05, 3.63) is 43.7 Å². The molecule has 0 fully saturated rings. The van der Waals surface area contributed by atoms with E-state index in [1.165, 1.54) is 33.3 Å². The fourth-order valence-electron chi connectivity index (χ4n) is 6.45. The lowest BCUT2D eigenvalue weighted by atomic mass is 9.81. The Labute approximate surface area is 238 Å². The summed E-state index contributed by atoms with van der Waals surface area (Å²) in [4.78, 5) is 39.0. The molecule has 1 heterocycles. The zero-order valence-corrected chi connectivity index (χ0v) is 23.5. The van der Waals surface area contributed by atoms with Gasteiger partial charge in [-0.3, -0.25) is 14.4 Å². The number of hydrogen-bond acceptors (Lipinski definition) is 11. The number of esters is 1. The Bertz CT molecular complexity index is 2050. The summed E-state index contributed by atoms with van der Waals surface area (Å²) in [6.07, 6.45) is -1.59. The van der Waals surface area contributed by atoms with E-state index in [-0.39, 0.29) is 53.4 Å². The van der Waals surface area contributed by atoms with Gasteiger partial charge in [-0.05, 0) is 24.6 Å². The van der Waals surface area contributed by atoms with Gasteiger partial charge in [-0.25, -0.2) is 0 Å². The first-order valence-corrected chi connectivity index (χ1v) is 13.3. The monoisotopic (exact) mass is 576 g/mol. The van der Waals surface area contributed by atoms with Crippen LogP contribution in [0.25, 0.3) is 43.1 Å². The van der Waals surface area contributed by atoms with Crippen molar-refractivity contribution >= 4 is 49.1 Å². The van der Waals surface area contributed by atoms with E-state index in [4.69, 9.17) is 23.7 Å². The average molecular weight is 577 g/mol. The second kappa shape index (κ2) is 9.66. The van der Waals surface area contributed by atoms with Gasteiger partial charge in [0.15, 0.2) is 33.9 Å². The van der Waals surface area contributed by atoms with Crippen LogP contribution in [0, 0.1) is 0 Å². The standard InChI is InChI=1S/C31H28O11/c1-11(32)6-14-20-21-15(7-12(2)42-13(3)33)31(39-5)29(37)23-17(35)9-19-25(27(21)23)24-18(40-10-41-19)8-16(34)22(26(20)24)28(36)30(14)38-4/h8-9,11-12,32,36-37H,6-7,10H2,1-5H3/t11-,12-/m0/s1. The van der Waals surface area contributed by atoms with Gasteiger partial charge < -0.3 is 39.0 Å².